The smallest absolute Gasteiger partial charge is 0.373 e. The van der Waals surface area contributed by atoms with E-state index in [2.05, 4.69) is 9.97 Å². The van der Waals surface area contributed by atoms with Crippen LogP contribution in [-0.2, 0) is 9.53 Å². The summed E-state index contributed by atoms with van der Waals surface area (Å²) >= 11 is 0. The van der Waals surface area contributed by atoms with Gasteiger partial charge in [-0.2, -0.15) is 4.98 Å². The summed E-state index contributed by atoms with van der Waals surface area (Å²) in [7, 11) is 0. The van der Waals surface area contributed by atoms with Crippen LogP contribution >= 0.6 is 0 Å². The molecule has 0 spiro atoms. The summed E-state index contributed by atoms with van der Waals surface area (Å²) in [5.74, 6) is 0.202. The van der Waals surface area contributed by atoms with Gasteiger partial charge in [-0.1, -0.05) is 12.1 Å². The van der Waals surface area contributed by atoms with E-state index in [-0.39, 0.29) is 29.3 Å². The minimum Gasteiger partial charge on any atom is -0.466 e. The zero-order chi connectivity index (χ0) is 21.0. The van der Waals surface area contributed by atoms with Gasteiger partial charge in [0, 0.05) is 13.1 Å². The molecule has 1 aromatic carbocycles. The van der Waals surface area contributed by atoms with Gasteiger partial charge in [0.25, 0.3) is 0 Å². The highest BCUT2D eigenvalue weighted by atomic mass is 16.6. The van der Waals surface area contributed by atoms with Gasteiger partial charge in [-0.05, 0) is 50.8 Å². The van der Waals surface area contributed by atoms with Crippen LogP contribution in [0.15, 0.2) is 24.5 Å². The maximum Gasteiger partial charge on any atom is 0.373 e. The maximum absolute atomic E-state index is 11.9. The quantitative estimate of drug-likeness (QED) is 0.411. The van der Waals surface area contributed by atoms with E-state index in [1.807, 2.05) is 26.0 Å². The average molecular weight is 400 g/mol. The van der Waals surface area contributed by atoms with Gasteiger partial charge in [0.15, 0.2) is 0 Å². The van der Waals surface area contributed by atoms with E-state index in [1.54, 1.807) is 17.9 Å². The summed E-state index contributed by atoms with van der Waals surface area (Å²) in [6.07, 6.45) is 2.36. The SMILES string of the molecule is CCOC(=O)C1CCN(c2ncnc(Oc3cccc(C)c3C)c2[N+](=O)[O-])CC1. The Kier molecular flexibility index (Phi) is 6.26. The number of esters is 1. The van der Waals surface area contributed by atoms with Gasteiger partial charge in [-0.3, -0.25) is 14.9 Å². The zero-order valence-corrected chi connectivity index (χ0v) is 16.8. The van der Waals surface area contributed by atoms with Gasteiger partial charge in [-0.15, -0.1) is 0 Å². The molecule has 0 bridgehead atoms. The summed E-state index contributed by atoms with van der Waals surface area (Å²) < 4.78 is 10.9. The Balaban J connectivity index is 1.85. The lowest BCUT2D eigenvalue weighted by Crippen LogP contribution is -2.37. The normalized spacial score (nSPS) is 14.5. The summed E-state index contributed by atoms with van der Waals surface area (Å²) in [5, 5.41) is 11.8. The van der Waals surface area contributed by atoms with E-state index in [1.165, 1.54) is 6.33 Å². The third kappa shape index (κ3) is 4.44. The van der Waals surface area contributed by atoms with Crippen LogP contribution in [0.2, 0.25) is 0 Å². The Hall–Kier alpha value is -3.23. The highest BCUT2D eigenvalue weighted by molar-refractivity contribution is 5.73. The topological polar surface area (TPSA) is 108 Å². The van der Waals surface area contributed by atoms with Crippen molar-refractivity contribution in [2.75, 3.05) is 24.6 Å². The fourth-order valence-electron chi connectivity index (χ4n) is 3.35. The third-order valence-electron chi connectivity index (χ3n) is 5.13. The number of piperidine rings is 1. The van der Waals surface area contributed by atoms with Crippen molar-refractivity contribution >= 4 is 17.5 Å². The van der Waals surface area contributed by atoms with Gasteiger partial charge in [0.05, 0.1) is 17.4 Å². The number of hydrogen-bond donors (Lipinski definition) is 0. The van der Waals surface area contributed by atoms with Crippen molar-refractivity contribution in [2.24, 2.45) is 5.92 Å². The largest absolute Gasteiger partial charge is 0.466 e. The molecule has 0 radical (unpaired) electrons. The molecular formula is C20H24N4O5. The van der Waals surface area contributed by atoms with Crippen LogP contribution in [0.5, 0.6) is 11.6 Å². The monoisotopic (exact) mass is 400 g/mol. The highest BCUT2D eigenvalue weighted by Gasteiger charge is 2.33. The molecule has 1 aliphatic heterocycles. The second kappa shape index (κ2) is 8.85. The molecule has 29 heavy (non-hydrogen) atoms. The molecule has 0 saturated carbocycles. The number of aromatic nitrogens is 2. The summed E-state index contributed by atoms with van der Waals surface area (Å²) in [4.78, 5) is 33.2. The van der Waals surface area contributed by atoms with Crippen LogP contribution in [0.1, 0.15) is 30.9 Å². The molecule has 1 aromatic heterocycles. The summed E-state index contributed by atoms with van der Waals surface area (Å²) in [5.41, 5.74) is 1.63. The molecule has 1 saturated heterocycles. The molecule has 2 heterocycles. The Morgan fingerprint density at radius 3 is 2.66 bits per heavy atom. The fourth-order valence-corrected chi connectivity index (χ4v) is 3.35. The number of carbonyl (C=O) groups is 1. The van der Waals surface area contributed by atoms with E-state index in [9.17, 15) is 14.9 Å². The first-order chi connectivity index (χ1) is 13.9. The molecule has 1 fully saturated rings. The molecule has 154 valence electrons. The van der Waals surface area contributed by atoms with Gasteiger partial charge in [0.1, 0.15) is 12.1 Å². The first-order valence-electron chi connectivity index (χ1n) is 9.57. The number of ether oxygens (including phenoxy) is 2. The molecule has 9 heteroatoms. The predicted octanol–water partition coefficient (Wildman–Crippen LogP) is 3.57. The Morgan fingerprint density at radius 2 is 2.00 bits per heavy atom. The van der Waals surface area contributed by atoms with Crippen molar-refractivity contribution in [3.63, 3.8) is 0 Å². The van der Waals surface area contributed by atoms with E-state index < -0.39 is 4.92 Å². The summed E-state index contributed by atoms with van der Waals surface area (Å²) in [6, 6.07) is 5.51. The van der Waals surface area contributed by atoms with E-state index in [4.69, 9.17) is 9.47 Å². The van der Waals surface area contributed by atoms with Crippen LogP contribution in [-0.4, -0.2) is 40.6 Å². The molecule has 9 nitrogen and oxygen atoms in total. The Morgan fingerprint density at radius 1 is 1.28 bits per heavy atom. The van der Waals surface area contributed by atoms with Crippen LogP contribution < -0.4 is 9.64 Å². The number of anilines is 1. The first-order valence-corrected chi connectivity index (χ1v) is 9.57. The number of rotatable bonds is 6. The molecular weight excluding hydrogens is 376 g/mol. The second-order valence-corrected chi connectivity index (χ2v) is 6.92. The standard InChI is InChI=1S/C20H24N4O5/c1-4-28-20(25)15-8-10-23(11-9-15)18-17(24(26)27)19(22-12-21-18)29-16-7-5-6-13(2)14(16)3/h5-7,12,15H,4,8-11H2,1-3H3. The Labute approximate surface area is 168 Å². The van der Waals surface area contributed by atoms with Crippen LogP contribution in [0, 0.1) is 29.9 Å². The number of carbonyl (C=O) groups excluding carboxylic acids is 1. The molecule has 0 aliphatic carbocycles. The minimum atomic E-state index is -0.521. The van der Waals surface area contributed by atoms with Crippen molar-refractivity contribution in [3.05, 3.63) is 45.8 Å². The zero-order valence-electron chi connectivity index (χ0n) is 16.8. The van der Waals surface area contributed by atoms with E-state index in [0.29, 0.717) is 38.3 Å². The lowest BCUT2D eigenvalue weighted by atomic mass is 9.97. The summed E-state index contributed by atoms with van der Waals surface area (Å²) in [6.45, 7) is 6.87. The van der Waals surface area contributed by atoms with Crippen molar-refractivity contribution in [1.82, 2.24) is 9.97 Å². The van der Waals surface area contributed by atoms with Crippen molar-refractivity contribution < 1.29 is 19.2 Å². The van der Waals surface area contributed by atoms with E-state index >= 15 is 0 Å². The fraction of sp³-hybridized carbons (Fsp3) is 0.450. The molecule has 0 amide bonds. The highest BCUT2D eigenvalue weighted by Crippen LogP contribution is 2.38. The number of hydrogen-bond acceptors (Lipinski definition) is 8. The number of nitrogens with zero attached hydrogens (tertiary/aromatic N) is 4. The van der Waals surface area contributed by atoms with Gasteiger partial charge < -0.3 is 14.4 Å². The lowest BCUT2D eigenvalue weighted by Gasteiger charge is -2.31. The minimum absolute atomic E-state index is 0.0961. The maximum atomic E-state index is 11.9. The molecule has 2 aromatic rings. The number of benzene rings is 1. The van der Waals surface area contributed by atoms with Crippen LogP contribution in [0.3, 0.4) is 0 Å². The molecule has 0 N–H and O–H groups in total. The number of aryl methyl sites for hydroxylation is 1. The van der Waals surface area contributed by atoms with Crippen molar-refractivity contribution in [1.29, 1.82) is 0 Å². The molecule has 0 atom stereocenters. The van der Waals surface area contributed by atoms with Crippen molar-refractivity contribution in [2.45, 2.75) is 33.6 Å². The second-order valence-electron chi connectivity index (χ2n) is 6.92. The predicted molar refractivity (Wildman–Crippen MR) is 106 cm³/mol. The van der Waals surface area contributed by atoms with Gasteiger partial charge in [-0.25, -0.2) is 4.98 Å². The Bertz CT molecular complexity index is 910. The van der Waals surface area contributed by atoms with E-state index in [0.717, 1.165) is 11.1 Å². The number of nitro groups is 1. The lowest BCUT2D eigenvalue weighted by molar-refractivity contribution is -0.385. The van der Waals surface area contributed by atoms with Crippen LogP contribution in [0.4, 0.5) is 11.5 Å². The van der Waals surface area contributed by atoms with Crippen LogP contribution in [0.25, 0.3) is 0 Å². The third-order valence-corrected chi connectivity index (χ3v) is 5.13. The molecule has 0 unspecified atom stereocenters. The first kappa shape index (κ1) is 20.5. The molecule has 1 aliphatic rings. The van der Waals surface area contributed by atoms with Crippen molar-refractivity contribution in [3.8, 4) is 11.6 Å². The van der Waals surface area contributed by atoms with Gasteiger partial charge >= 0.3 is 17.5 Å². The average Bonchev–Trinajstić information content (AvgIpc) is 2.71. The molecule has 3 rings (SSSR count). The van der Waals surface area contributed by atoms with Gasteiger partial charge in [0.2, 0.25) is 5.82 Å².